The minimum Gasteiger partial charge on any atom is -0.497 e. The molecule has 1 heterocycles. The molecule has 0 unspecified atom stereocenters. The minimum atomic E-state index is -0.413. The number of methoxy groups -OCH3 is 3. The van der Waals surface area contributed by atoms with Gasteiger partial charge in [0.15, 0.2) is 0 Å². The monoisotopic (exact) mass is 352 g/mol. The lowest BCUT2D eigenvalue weighted by Crippen LogP contribution is -1.99. The van der Waals surface area contributed by atoms with Crippen LogP contribution in [0.2, 0.25) is 0 Å². The molecule has 5 nitrogen and oxygen atoms in total. The molecule has 2 aromatic rings. The van der Waals surface area contributed by atoms with Gasteiger partial charge in [0.1, 0.15) is 23.0 Å². The van der Waals surface area contributed by atoms with Crippen LogP contribution in [0.15, 0.2) is 48.0 Å². The van der Waals surface area contributed by atoms with Crippen LogP contribution in [0.25, 0.3) is 11.8 Å². The van der Waals surface area contributed by atoms with Crippen molar-refractivity contribution in [3.05, 3.63) is 64.7 Å². The van der Waals surface area contributed by atoms with Crippen molar-refractivity contribution in [1.29, 1.82) is 0 Å². The van der Waals surface area contributed by atoms with Crippen molar-refractivity contribution in [3.63, 3.8) is 0 Å². The van der Waals surface area contributed by atoms with Crippen molar-refractivity contribution in [2.24, 2.45) is 0 Å². The zero-order chi connectivity index (χ0) is 18.7. The number of carbonyl (C=O) groups is 1. The summed E-state index contributed by atoms with van der Waals surface area (Å²) in [6, 6.07) is 11.1. The molecule has 5 heteroatoms. The average molecular weight is 352 g/mol. The molecule has 1 aliphatic rings. The third-order valence-corrected chi connectivity index (χ3v) is 4.15. The summed E-state index contributed by atoms with van der Waals surface area (Å²) < 4.78 is 21.4. The number of benzene rings is 2. The summed E-state index contributed by atoms with van der Waals surface area (Å²) in [6.45, 7) is 1.96. The van der Waals surface area contributed by atoms with E-state index in [0.717, 1.165) is 16.9 Å². The summed E-state index contributed by atoms with van der Waals surface area (Å²) in [5.41, 5.74) is 3.00. The molecule has 0 N–H and O–H groups in total. The van der Waals surface area contributed by atoms with E-state index in [1.807, 2.05) is 25.1 Å². The van der Waals surface area contributed by atoms with Crippen molar-refractivity contribution in [2.75, 3.05) is 21.3 Å². The molecule has 0 bridgehead atoms. The van der Waals surface area contributed by atoms with Gasteiger partial charge in [-0.15, -0.1) is 0 Å². The summed E-state index contributed by atoms with van der Waals surface area (Å²) >= 11 is 0. The van der Waals surface area contributed by atoms with Gasteiger partial charge in [-0.1, -0.05) is 12.1 Å². The van der Waals surface area contributed by atoms with Crippen molar-refractivity contribution in [1.82, 2.24) is 0 Å². The number of ether oxygens (including phenoxy) is 4. The fourth-order valence-corrected chi connectivity index (χ4v) is 2.73. The number of carbonyl (C=O) groups excluding carboxylic acids is 1. The topological polar surface area (TPSA) is 54.0 Å². The van der Waals surface area contributed by atoms with E-state index in [-0.39, 0.29) is 0 Å². The van der Waals surface area contributed by atoms with Crippen LogP contribution in [0.1, 0.15) is 16.7 Å². The van der Waals surface area contributed by atoms with E-state index in [1.165, 1.54) is 0 Å². The molecule has 0 atom stereocenters. The Bertz CT molecular complexity index is 909. The first-order valence-electron chi connectivity index (χ1n) is 8.08. The molecule has 0 spiro atoms. The first kappa shape index (κ1) is 17.6. The van der Waals surface area contributed by atoms with E-state index in [1.54, 1.807) is 51.7 Å². The van der Waals surface area contributed by atoms with Gasteiger partial charge in [0.25, 0.3) is 0 Å². The number of esters is 1. The Morgan fingerprint density at radius 3 is 2.38 bits per heavy atom. The van der Waals surface area contributed by atoms with Gasteiger partial charge >= 0.3 is 5.97 Å². The maximum absolute atomic E-state index is 12.3. The zero-order valence-electron chi connectivity index (χ0n) is 15.2. The number of cyclic esters (lactones) is 1. The second kappa shape index (κ2) is 7.35. The summed E-state index contributed by atoms with van der Waals surface area (Å²) in [6.07, 6.45) is 3.47. The molecule has 134 valence electrons. The van der Waals surface area contributed by atoms with Crippen LogP contribution in [-0.4, -0.2) is 27.3 Å². The molecule has 0 amide bonds. The van der Waals surface area contributed by atoms with Gasteiger partial charge in [-0.3, -0.25) is 0 Å². The Hall–Kier alpha value is -3.21. The maximum atomic E-state index is 12.3. The standard InChI is InChI=1S/C21H20O5/c1-13-5-6-14(10-19(13)25-4)9-15-11-20(26-21(15)22)17-12-16(23-2)7-8-18(17)24-3/h5-12H,1-4H3/b15-9+. The van der Waals surface area contributed by atoms with Gasteiger partial charge in [0.2, 0.25) is 0 Å². The molecule has 2 aromatic carbocycles. The molecule has 0 saturated carbocycles. The molecule has 26 heavy (non-hydrogen) atoms. The Kier molecular flexibility index (Phi) is 4.98. The second-order valence-corrected chi connectivity index (χ2v) is 5.79. The second-order valence-electron chi connectivity index (χ2n) is 5.79. The van der Waals surface area contributed by atoms with Crippen molar-refractivity contribution in [2.45, 2.75) is 6.92 Å². The van der Waals surface area contributed by atoms with Crippen LogP contribution in [0, 0.1) is 6.92 Å². The molecule has 3 rings (SSSR count). The summed E-state index contributed by atoms with van der Waals surface area (Å²) in [5.74, 6) is 2.03. The van der Waals surface area contributed by atoms with Crippen molar-refractivity contribution >= 4 is 17.8 Å². The van der Waals surface area contributed by atoms with Crippen molar-refractivity contribution in [3.8, 4) is 17.2 Å². The SMILES string of the molecule is COc1ccc(OC)c(C2=C/C(=C\c3ccc(C)c(OC)c3)C(=O)O2)c1. The molecule has 0 fully saturated rings. The molecule has 0 aromatic heterocycles. The predicted octanol–water partition coefficient (Wildman–Crippen LogP) is 4.00. The lowest BCUT2D eigenvalue weighted by atomic mass is 10.1. The number of rotatable bonds is 5. The van der Waals surface area contributed by atoms with Gasteiger partial charge in [-0.05, 0) is 54.5 Å². The Morgan fingerprint density at radius 1 is 0.923 bits per heavy atom. The quantitative estimate of drug-likeness (QED) is 0.601. The van der Waals surface area contributed by atoms with E-state index in [2.05, 4.69) is 0 Å². The van der Waals surface area contributed by atoms with Gasteiger partial charge in [-0.2, -0.15) is 0 Å². The highest BCUT2D eigenvalue weighted by atomic mass is 16.5. The van der Waals surface area contributed by atoms with Crippen LogP contribution in [0.4, 0.5) is 0 Å². The Labute approximate surface area is 152 Å². The van der Waals surface area contributed by atoms with Gasteiger partial charge in [-0.25, -0.2) is 4.79 Å². The minimum absolute atomic E-state index is 0.413. The third kappa shape index (κ3) is 3.42. The van der Waals surface area contributed by atoms with Crippen LogP contribution in [-0.2, 0) is 9.53 Å². The Balaban J connectivity index is 1.99. The van der Waals surface area contributed by atoms with Crippen molar-refractivity contribution < 1.29 is 23.7 Å². The number of hydrogen-bond acceptors (Lipinski definition) is 5. The molecule has 0 radical (unpaired) electrons. The largest absolute Gasteiger partial charge is 0.497 e. The lowest BCUT2D eigenvalue weighted by molar-refractivity contribution is -0.130. The van der Waals surface area contributed by atoms with Crippen LogP contribution < -0.4 is 14.2 Å². The van der Waals surface area contributed by atoms with Crippen LogP contribution in [0.5, 0.6) is 17.2 Å². The smallest absolute Gasteiger partial charge is 0.343 e. The highest BCUT2D eigenvalue weighted by Gasteiger charge is 2.24. The summed E-state index contributed by atoms with van der Waals surface area (Å²) in [5, 5.41) is 0. The highest BCUT2D eigenvalue weighted by molar-refractivity contribution is 6.05. The van der Waals surface area contributed by atoms with Gasteiger partial charge < -0.3 is 18.9 Å². The van der Waals surface area contributed by atoms with E-state index < -0.39 is 5.97 Å². The van der Waals surface area contributed by atoms with Gasteiger partial charge in [0, 0.05) is 0 Å². The molecule has 0 saturated heterocycles. The lowest BCUT2D eigenvalue weighted by Gasteiger charge is -2.10. The van der Waals surface area contributed by atoms with E-state index in [0.29, 0.717) is 28.4 Å². The molecule has 0 aliphatic carbocycles. The first-order chi connectivity index (χ1) is 12.5. The third-order valence-electron chi connectivity index (χ3n) is 4.15. The van der Waals surface area contributed by atoms with Crippen LogP contribution in [0.3, 0.4) is 0 Å². The summed E-state index contributed by atoms with van der Waals surface area (Å²) in [4.78, 5) is 12.3. The fourth-order valence-electron chi connectivity index (χ4n) is 2.73. The zero-order valence-corrected chi connectivity index (χ0v) is 15.2. The van der Waals surface area contributed by atoms with Gasteiger partial charge in [0.05, 0.1) is 32.5 Å². The fraction of sp³-hybridized carbons (Fsp3) is 0.190. The molecular formula is C21H20O5. The highest BCUT2D eigenvalue weighted by Crippen LogP contribution is 2.35. The number of hydrogen-bond donors (Lipinski definition) is 0. The number of aryl methyl sites for hydroxylation is 1. The van der Waals surface area contributed by atoms with E-state index in [9.17, 15) is 4.79 Å². The predicted molar refractivity (Wildman–Crippen MR) is 99.3 cm³/mol. The molecule has 1 aliphatic heterocycles. The van der Waals surface area contributed by atoms with Crippen LogP contribution >= 0.6 is 0 Å². The average Bonchev–Trinajstić information content (AvgIpc) is 3.03. The summed E-state index contributed by atoms with van der Waals surface area (Å²) in [7, 11) is 4.77. The van der Waals surface area contributed by atoms with E-state index in [4.69, 9.17) is 18.9 Å². The normalized spacial score (nSPS) is 14.8. The Morgan fingerprint density at radius 2 is 1.69 bits per heavy atom. The maximum Gasteiger partial charge on any atom is 0.343 e. The van der Waals surface area contributed by atoms with E-state index >= 15 is 0 Å². The molecular weight excluding hydrogens is 332 g/mol. The first-order valence-corrected chi connectivity index (χ1v) is 8.08.